The van der Waals surface area contributed by atoms with Crippen LogP contribution in [0.2, 0.25) is 0 Å². The van der Waals surface area contributed by atoms with Gasteiger partial charge >= 0.3 is 0 Å². The molecule has 1 fully saturated rings. The highest BCUT2D eigenvalue weighted by atomic mass is 16.2. The average Bonchev–Trinajstić information content (AvgIpc) is 3.32. The van der Waals surface area contributed by atoms with Crippen molar-refractivity contribution in [2.75, 3.05) is 18.4 Å². The summed E-state index contributed by atoms with van der Waals surface area (Å²) in [4.78, 5) is 41.3. The molecule has 1 N–H and O–H groups in total. The van der Waals surface area contributed by atoms with E-state index < -0.39 is 0 Å². The molecule has 154 valence electrons. The molecule has 1 saturated heterocycles. The van der Waals surface area contributed by atoms with E-state index in [9.17, 15) is 14.4 Å². The Morgan fingerprint density at radius 3 is 2.17 bits per heavy atom. The van der Waals surface area contributed by atoms with Gasteiger partial charge in [0.05, 0.1) is 12.1 Å². The average molecular weight is 403 g/mol. The van der Waals surface area contributed by atoms with Crippen LogP contribution >= 0.6 is 0 Å². The van der Waals surface area contributed by atoms with E-state index in [1.54, 1.807) is 24.3 Å². The van der Waals surface area contributed by atoms with Crippen molar-refractivity contribution >= 4 is 29.0 Å². The van der Waals surface area contributed by atoms with Gasteiger partial charge in [0.25, 0.3) is 11.8 Å². The quantitative estimate of drug-likeness (QED) is 0.778. The Kier molecular flexibility index (Phi) is 5.40. The zero-order valence-electron chi connectivity index (χ0n) is 17.3. The molecule has 4 rings (SSSR count). The van der Waals surface area contributed by atoms with E-state index in [0.29, 0.717) is 22.5 Å². The van der Waals surface area contributed by atoms with Crippen molar-refractivity contribution in [3.63, 3.8) is 0 Å². The van der Waals surface area contributed by atoms with Crippen LogP contribution in [-0.4, -0.2) is 40.6 Å². The zero-order chi connectivity index (χ0) is 21.3. The molecular formula is C24H25N3O3. The van der Waals surface area contributed by atoms with E-state index in [2.05, 4.69) is 5.32 Å². The molecule has 0 bridgehead atoms. The Labute approximate surface area is 176 Å². The number of hydrogen-bond acceptors (Lipinski definition) is 4. The summed E-state index contributed by atoms with van der Waals surface area (Å²) in [7, 11) is 0. The summed E-state index contributed by atoms with van der Waals surface area (Å²) in [5.74, 6) is -0.658. The molecular weight excluding hydrogens is 378 g/mol. The molecule has 2 aromatic carbocycles. The summed E-state index contributed by atoms with van der Waals surface area (Å²) in [6.45, 7) is 5.26. The van der Waals surface area contributed by atoms with Crippen molar-refractivity contribution in [3.8, 4) is 0 Å². The lowest BCUT2D eigenvalue weighted by molar-refractivity contribution is -0.138. The third-order valence-electron chi connectivity index (χ3n) is 5.52. The number of carbonyl (C=O) groups excluding carboxylic acids is 3. The van der Waals surface area contributed by atoms with Gasteiger partial charge in [-0.2, -0.15) is 0 Å². The lowest BCUT2D eigenvalue weighted by atomic mass is 10.0. The van der Waals surface area contributed by atoms with Crippen molar-refractivity contribution in [3.05, 3.63) is 70.9 Å². The fourth-order valence-corrected chi connectivity index (χ4v) is 4.00. The van der Waals surface area contributed by atoms with E-state index in [-0.39, 0.29) is 24.3 Å². The number of nitrogens with one attached hydrogen (secondary N) is 1. The van der Waals surface area contributed by atoms with Crippen molar-refractivity contribution in [2.24, 2.45) is 0 Å². The summed E-state index contributed by atoms with van der Waals surface area (Å²) in [5.41, 5.74) is 4.35. The molecule has 0 saturated carbocycles. The second-order valence-corrected chi connectivity index (χ2v) is 7.86. The first-order valence-electron chi connectivity index (χ1n) is 10.2. The van der Waals surface area contributed by atoms with Gasteiger partial charge in [-0.15, -0.1) is 0 Å². The van der Waals surface area contributed by atoms with Crippen molar-refractivity contribution in [2.45, 2.75) is 33.2 Å². The molecule has 6 nitrogen and oxygen atoms in total. The fourth-order valence-electron chi connectivity index (χ4n) is 4.00. The van der Waals surface area contributed by atoms with Gasteiger partial charge in [0, 0.05) is 25.7 Å². The number of benzene rings is 2. The largest absolute Gasteiger partial charge is 0.366 e. The third-order valence-corrected chi connectivity index (χ3v) is 5.52. The van der Waals surface area contributed by atoms with E-state index >= 15 is 0 Å². The standard InChI is InChI=1S/C24H25N3O3/c1-16-5-7-18(8-6-16)15-27-23(29)21(22(24(27)30)26-13-3-4-14-26)19-9-11-20(12-10-19)25-17(2)28/h5-12H,3-4,13-15H2,1-2H3,(H,25,28). The molecule has 0 aliphatic carbocycles. The minimum absolute atomic E-state index is 0.156. The maximum atomic E-state index is 13.4. The molecule has 2 aliphatic rings. The van der Waals surface area contributed by atoms with E-state index in [1.165, 1.54) is 11.8 Å². The maximum Gasteiger partial charge on any atom is 0.278 e. The molecule has 6 heteroatoms. The van der Waals surface area contributed by atoms with E-state index in [4.69, 9.17) is 0 Å². The van der Waals surface area contributed by atoms with Crippen LogP contribution in [0.4, 0.5) is 5.69 Å². The molecule has 0 aromatic heterocycles. The molecule has 0 atom stereocenters. The number of nitrogens with zero attached hydrogens (tertiary/aromatic N) is 2. The molecule has 0 spiro atoms. The highest BCUT2D eigenvalue weighted by molar-refractivity contribution is 6.35. The Bertz CT molecular complexity index is 1020. The monoisotopic (exact) mass is 403 g/mol. The Balaban J connectivity index is 1.68. The van der Waals surface area contributed by atoms with Gasteiger partial charge in [-0.1, -0.05) is 42.0 Å². The number of amides is 3. The van der Waals surface area contributed by atoms with Gasteiger partial charge in [0.15, 0.2) is 0 Å². The summed E-state index contributed by atoms with van der Waals surface area (Å²) in [6, 6.07) is 15.0. The SMILES string of the molecule is CC(=O)Nc1ccc(C2=C(N3CCCC3)C(=O)N(Cc3ccc(C)cc3)C2=O)cc1. The molecule has 2 aromatic rings. The van der Waals surface area contributed by atoms with Crippen molar-refractivity contribution in [1.82, 2.24) is 9.80 Å². The molecule has 2 aliphatic heterocycles. The number of aryl methyl sites for hydroxylation is 1. The van der Waals surface area contributed by atoms with Gasteiger partial charge in [-0.05, 0) is 43.0 Å². The Morgan fingerprint density at radius 2 is 1.57 bits per heavy atom. The van der Waals surface area contributed by atoms with Crippen molar-refractivity contribution < 1.29 is 14.4 Å². The predicted octanol–water partition coefficient (Wildman–Crippen LogP) is 3.33. The molecule has 2 heterocycles. The summed E-state index contributed by atoms with van der Waals surface area (Å²) >= 11 is 0. The first kappa shape index (κ1) is 19.9. The second kappa shape index (κ2) is 8.14. The molecule has 0 radical (unpaired) electrons. The number of anilines is 1. The summed E-state index contributed by atoms with van der Waals surface area (Å²) < 4.78 is 0. The third kappa shape index (κ3) is 3.85. The normalized spacial score (nSPS) is 16.6. The molecule has 30 heavy (non-hydrogen) atoms. The van der Waals surface area contributed by atoms with Gasteiger partial charge in [0.1, 0.15) is 5.70 Å². The fraction of sp³-hybridized carbons (Fsp3) is 0.292. The van der Waals surface area contributed by atoms with E-state index in [0.717, 1.165) is 37.1 Å². The number of rotatable bonds is 5. The number of hydrogen-bond donors (Lipinski definition) is 1. The minimum Gasteiger partial charge on any atom is -0.366 e. The molecule has 0 unspecified atom stereocenters. The number of likely N-dealkylation sites (tertiary alicyclic amines) is 1. The lowest BCUT2D eigenvalue weighted by Crippen LogP contribution is -2.34. The predicted molar refractivity (Wildman–Crippen MR) is 115 cm³/mol. The van der Waals surface area contributed by atoms with Crippen LogP contribution in [0, 0.1) is 6.92 Å². The highest BCUT2D eigenvalue weighted by Crippen LogP contribution is 2.34. The molecule has 3 amide bonds. The lowest BCUT2D eigenvalue weighted by Gasteiger charge is -2.20. The highest BCUT2D eigenvalue weighted by Gasteiger charge is 2.42. The van der Waals surface area contributed by atoms with Crippen LogP contribution in [-0.2, 0) is 20.9 Å². The van der Waals surface area contributed by atoms with Crippen molar-refractivity contribution in [1.29, 1.82) is 0 Å². The second-order valence-electron chi connectivity index (χ2n) is 7.86. The van der Waals surface area contributed by atoms with Crippen LogP contribution in [0.25, 0.3) is 5.57 Å². The minimum atomic E-state index is -0.269. The maximum absolute atomic E-state index is 13.4. The van der Waals surface area contributed by atoms with Crippen LogP contribution in [0.3, 0.4) is 0 Å². The topological polar surface area (TPSA) is 69.7 Å². The number of imide groups is 1. The summed E-state index contributed by atoms with van der Waals surface area (Å²) in [5, 5.41) is 2.73. The smallest absolute Gasteiger partial charge is 0.278 e. The van der Waals surface area contributed by atoms with Crippen LogP contribution in [0.1, 0.15) is 36.5 Å². The van der Waals surface area contributed by atoms with Gasteiger partial charge < -0.3 is 10.2 Å². The zero-order valence-corrected chi connectivity index (χ0v) is 17.3. The Morgan fingerprint density at radius 1 is 0.933 bits per heavy atom. The first-order chi connectivity index (χ1) is 14.4. The van der Waals surface area contributed by atoms with Crippen LogP contribution in [0.15, 0.2) is 54.2 Å². The van der Waals surface area contributed by atoms with E-state index in [1.807, 2.05) is 36.1 Å². The summed E-state index contributed by atoms with van der Waals surface area (Å²) in [6.07, 6.45) is 2.02. The van der Waals surface area contributed by atoms with Gasteiger partial charge in [-0.25, -0.2) is 0 Å². The van der Waals surface area contributed by atoms with Gasteiger partial charge in [0.2, 0.25) is 5.91 Å². The Hall–Kier alpha value is -3.41. The van der Waals surface area contributed by atoms with Crippen LogP contribution < -0.4 is 5.32 Å². The first-order valence-corrected chi connectivity index (χ1v) is 10.2. The van der Waals surface area contributed by atoms with Crippen LogP contribution in [0.5, 0.6) is 0 Å². The number of carbonyl (C=O) groups is 3. The van der Waals surface area contributed by atoms with Gasteiger partial charge in [-0.3, -0.25) is 19.3 Å².